The normalized spacial score (nSPS) is 23.3. The molecule has 10 unspecified atom stereocenters. The van der Waals surface area contributed by atoms with Gasteiger partial charge in [-0.25, -0.2) is 40.2 Å². The van der Waals surface area contributed by atoms with Gasteiger partial charge in [0.2, 0.25) is 5.13 Å². The van der Waals surface area contributed by atoms with E-state index in [9.17, 15) is 49.4 Å². The first-order chi connectivity index (χ1) is 36.7. The van der Waals surface area contributed by atoms with E-state index in [2.05, 4.69) is 20.8 Å². The minimum absolute atomic E-state index is 0. The summed E-state index contributed by atoms with van der Waals surface area (Å²) in [6, 6.07) is 11.5. The Labute approximate surface area is 539 Å². The topological polar surface area (TPSA) is 333 Å². The molecular formula is C50H60Li4N10O12S6. The van der Waals surface area contributed by atoms with E-state index < -0.39 is 86.9 Å². The van der Waals surface area contributed by atoms with Crippen molar-refractivity contribution in [2.45, 2.75) is 146 Å². The van der Waals surface area contributed by atoms with Gasteiger partial charge in [0.25, 0.3) is 0 Å². The minimum Gasteiger partial charge on any atom is -0.748 e. The van der Waals surface area contributed by atoms with Crippen LogP contribution in [0.1, 0.15) is 118 Å². The zero-order chi connectivity index (χ0) is 57.0. The first-order valence-corrected chi connectivity index (χ1v) is 32.2. The summed E-state index contributed by atoms with van der Waals surface area (Å²) in [6.07, 6.45) is 2.40. The van der Waals surface area contributed by atoms with Crippen LogP contribution in [0, 0.1) is 53.8 Å². The first kappa shape index (κ1) is 72.1. The van der Waals surface area contributed by atoms with Crippen LogP contribution in [0.5, 0.6) is 0 Å². The third kappa shape index (κ3) is 14.9. The molecule has 1 N–H and O–H groups in total. The minimum atomic E-state index is -4.90. The van der Waals surface area contributed by atoms with Crippen molar-refractivity contribution < 1.29 is 129 Å². The molecule has 2 aliphatic carbocycles. The molecule has 0 bridgehead atoms. The number of nitrogens with zero attached hydrogens (tertiary/aromatic N) is 9. The zero-order valence-corrected chi connectivity index (χ0v) is 53.3. The van der Waals surface area contributed by atoms with Crippen LogP contribution in [0.25, 0.3) is 25.6 Å². The molecular weight excluding hydrogens is 1150 g/mol. The van der Waals surface area contributed by atoms with Gasteiger partial charge in [-0.05, 0) is 103 Å². The molecule has 8 rings (SSSR count). The molecule has 2 aliphatic rings. The molecule has 2 saturated carbocycles. The fraction of sp³-hybridized carbons (Fsp3) is 0.540. The molecule has 0 saturated heterocycles. The van der Waals surface area contributed by atoms with Gasteiger partial charge >= 0.3 is 75.4 Å². The SMILES string of the molecule is CCC1CC(C)C(S(=O)(=O)[O-])C(CC)C1Nc1nc(N(c2nc3ccc(S(=O)(=O)[O-])cc3s2)C2C(CC)CC(C)C(S(=O)(=O)[O-])C2CC)cc(C)c1N=Nc1c(C#N)c(C(C)(C)C)nn1-c1nc2ccc(SOO[O-])cc2s1.[Li+].[Li+].[Li+].[Li+]. The van der Waals surface area contributed by atoms with Crippen LogP contribution in [0.15, 0.2) is 62.5 Å². The molecule has 82 heavy (non-hydrogen) atoms. The second-order valence-corrected chi connectivity index (χ2v) is 28.5. The summed E-state index contributed by atoms with van der Waals surface area (Å²) in [4.78, 5) is 17.0. The molecule has 4 heterocycles. The predicted octanol–water partition coefficient (Wildman–Crippen LogP) is -2.17. The molecule has 0 spiro atoms. The third-order valence-electron chi connectivity index (χ3n) is 15.3. The van der Waals surface area contributed by atoms with E-state index in [-0.39, 0.29) is 128 Å². The van der Waals surface area contributed by atoms with E-state index >= 15 is 0 Å². The summed E-state index contributed by atoms with van der Waals surface area (Å²) in [6.45, 7) is 18.5. The molecule has 422 valence electrons. The number of nitriles is 1. The maximum absolute atomic E-state index is 13.4. The number of rotatable bonds is 18. The summed E-state index contributed by atoms with van der Waals surface area (Å²) in [5.74, 6) is -2.60. The van der Waals surface area contributed by atoms with Gasteiger partial charge in [-0.15, -0.1) is 10.2 Å². The quantitative estimate of drug-likeness (QED) is 0.0239. The van der Waals surface area contributed by atoms with E-state index in [0.29, 0.717) is 85.9 Å². The smallest absolute Gasteiger partial charge is 0.748 e. The average Bonchev–Trinajstić information content (AvgIpc) is 3.46. The summed E-state index contributed by atoms with van der Waals surface area (Å²) in [5, 5.41) is 41.1. The van der Waals surface area contributed by atoms with Crippen molar-refractivity contribution in [2.24, 2.45) is 45.7 Å². The predicted molar refractivity (Wildman–Crippen MR) is 292 cm³/mol. The Morgan fingerprint density at radius 1 is 0.805 bits per heavy atom. The number of azo groups is 1. The zero-order valence-electron chi connectivity index (χ0n) is 48.4. The third-order valence-corrected chi connectivity index (χ3v) is 21.7. The van der Waals surface area contributed by atoms with Gasteiger partial charge in [0.05, 0.1) is 73.8 Å². The Bertz CT molecular complexity index is 3650. The molecule has 2 fully saturated rings. The van der Waals surface area contributed by atoms with Crippen LogP contribution in [0.4, 0.5) is 28.3 Å². The van der Waals surface area contributed by atoms with Gasteiger partial charge in [-0.2, -0.15) is 19.4 Å². The Hall–Kier alpha value is -2.38. The first-order valence-electron chi connectivity index (χ1n) is 25.5. The second-order valence-electron chi connectivity index (χ2n) is 21.3. The van der Waals surface area contributed by atoms with Crippen molar-refractivity contribution in [3.63, 3.8) is 0 Å². The van der Waals surface area contributed by atoms with Gasteiger partial charge in [-0.3, -0.25) is 9.94 Å². The van der Waals surface area contributed by atoms with Gasteiger partial charge < -0.3 is 24.2 Å². The van der Waals surface area contributed by atoms with Crippen LogP contribution < -0.4 is 90.9 Å². The Morgan fingerprint density at radius 2 is 1.39 bits per heavy atom. The van der Waals surface area contributed by atoms with Crippen molar-refractivity contribution in [3.8, 4) is 11.2 Å². The van der Waals surface area contributed by atoms with Gasteiger partial charge in [0.1, 0.15) is 33.3 Å². The maximum Gasteiger partial charge on any atom is 1.00 e. The van der Waals surface area contributed by atoms with E-state index in [1.165, 1.54) is 28.2 Å². The molecule has 10 atom stereocenters. The van der Waals surface area contributed by atoms with Crippen LogP contribution in [0.2, 0.25) is 0 Å². The van der Waals surface area contributed by atoms with Crippen molar-refractivity contribution in [2.75, 3.05) is 10.2 Å². The van der Waals surface area contributed by atoms with Crippen molar-refractivity contribution in [1.29, 1.82) is 5.26 Å². The molecule has 0 amide bonds. The summed E-state index contributed by atoms with van der Waals surface area (Å²) >= 11 is 2.98. The molecule has 4 aromatic heterocycles. The van der Waals surface area contributed by atoms with E-state index in [1.54, 1.807) is 49.9 Å². The van der Waals surface area contributed by atoms with Crippen LogP contribution >= 0.6 is 34.7 Å². The number of benzene rings is 2. The van der Waals surface area contributed by atoms with Crippen LogP contribution in [0.3, 0.4) is 0 Å². The number of aromatic nitrogens is 5. The Kier molecular flexibility index (Phi) is 25.2. The number of nitrogens with one attached hydrogen (secondary N) is 1. The van der Waals surface area contributed by atoms with Crippen LogP contribution in [-0.2, 0) is 45.1 Å². The molecule has 0 radical (unpaired) electrons. The monoisotopic (exact) mass is 1210 g/mol. The molecule has 6 aromatic rings. The van der Waals surface area contributed by atoms with E-state index in [0.717, 1.165) is 17.4 Å². The largest absolute Gasteiger partial charge is 1.00 e. The summed E-state index contributed by atoms with van der Waals surface area (Å²) < 4.78 is 123. The summed E-state index contributed by atoms with van der Waals surface area (Å²) in [5.41, 5.74) is 1.27. The van der Waals surface area contributed by atoms with Gasteiger partial charge in [0.15, 0.2) is 16.8 Å². The number of aryl methyl sites for hydroxylation is 1. The van der Waals surface area contributed by atoms with Gasteiger partial charge in [-0.1, -0.05) is 111 Å². The standard InChI is InChI=1S/C50H64N10O12S6.4Li/c1-11-28-19-26(6)43(77(65,66)67)32(13-3)41(28)55-46-40(56-57-47-34(24-51)45(50(8,9)10)58-60(47)49-53-35-17-15-30(75-72-71-61)22-37(35)74-49)25(5)21-39(54-46)59(48-52-36-18-16-31(76(62,63)64)23-38(36)73-48)42-29(12-2)20-27(7)44(33(42)14-4)78(68,69)70;;;;/h15-18,21-23,26-29,32-33,41-44,61H,11-14,19-20H2,1-10H3,(H,54,55)(H,62,63,64)(H,65,66,67)(H,68,69,70);;;;/q;4*+1/p-4. The molecule has 2 aromatic carbocycles. The average molecular weight is 1210 g/mol. The molecule has 22 nitrogen and oxygen atoms in total. The Morgan fingerprint density at radius 3 is 1.95 bits per heavy atom. The number of fused-ring (bicyclic) bond motifs is 2. The van der Waals surface area contributed by atoms with Crippen molar-refractivity contribution in [1.82, 2.24) is 24.7 Å². The van der Waals surface area contributed by atoms with Crippen LogP contribution in [-0.4, -0.2) is 86.2 Å². The number of pyridine rings is 1. The molecule has 32 heteroatoms. The Balaban J connectivity index is 0.00000361. The number of hydrogen-bond donors (Lipinski definition) is 1. The molecule has 0 aliphatic heterocycles. The second kappa shape index (κ2) is 28.6. The van der Waals surface area contributed by atoms with Crippen molar-refractivity contribution in [3.05, 3.63) is 59.3 Å². The fourth-order valence-electron chi connectivity index (χ4n) is 12.0. The number of anilines is 3. The summed E-state index contributed by atoms with van der Waals surface area (Å²) in [7, 11) is -14.6. The number of hydrogen-bond acceptors (Lipinski definition) is 24. The van der Waals surface area contributed by atoms with Crippen molar-refractivity contribution >= 4 is 114 Å². The van der Waals surface area contributed by atoms with E-state index in [1.807, 2.05) is 48.5 Å². The van der Waals surface area contributed by atoms with Gasteiger partial charge in [0, 0.05) is 22.4 Å². The fourth-order valence-corrected chi connectivity index (χ4v) is 18.0. The number of thiazole rings is 2. The van der Waals surface area contributed by atoms with E-state index in [4.69, 9.17) is 30.3 Å². The maximum atomic E-state index is 13.4.